The number of carboxylic acid groups (broad SMARTS) is 1. The van der Waals surface area contributed by atoms with Gasteiger partial charge in [-0.1, -0.05) is 69.2 Å². The summed E-state index contributed by atoms with van der Waals surface area (Å²) in [6.07, 6.45) is 4.86. The van der Waals surface area contributed by atoms with Crippen molar-refractivity contribution < 1.29 is 19.4 Å². The first-order valence-corrected chi connectivity index (χ1v) is 15.8. The first kappa shape index (κ1) is 31.9. The summed E-state index contributed by atoms with van der Waals surface area (Å²) in [5.41, 5.74) is 6.21. The van der Waals surface area contributed by atoms with E-state index in [2.05, 4.69) is 43.4 Å². The van der Waals surface area contributed by atoms with Crippen molar-refractivity contribution in [2.75, 3.05) is 18.0 Å². The number of anilines is 1. The lowest BCUT2D eigenvalue weighted by Gasteiger charge is -2.22. The number of thiazole rings is 1. The van der Waals surface area contributed by atoms with Crippen molar-refractivity contribution in [2.24, 2.45) is 0 Å². The second-order valence-corrected chi connectivity index (χ2v) is 11.7. The average molecular weight is 600 g/mol. The summed E-state index contributed by atoms with van der Waals surface area (Å²) in [6, 6.07) is 24.2. The van der Waals surface area contributed by atoms with Gasteiger partial charge in [0.15, 0.2) is 0 Å². The molecular weight excluding hydrogens is 558 g/mol. The Morgan fingerprint density at radius 3 is 2.35 bits per heavy atom. The van der Waals surface area contributed by atoms with Gasteiger partial charge in [-0.2, -0.15) is 0 Å². The number of para-hydroxylation sites is 1. The molecule has 3 aromatic carbocycles. The molecule has 226 valence electrons. The molecule has 0 aliphatic heterocycles. The van der Waals surface area contributed by atoms with E-state index in [4.69, 9.17) is 14.8 Å². The van der Waals surface area contributed by atoms with Crippen LogP contribution in [-0.2, 0) is 22.7 Å². The Bertz CT molecular complexity index is 1460. The van der Waals surface area contributed by atoms with Crippen molar-refractivity contribution in [1.82, 2.24) is 10.3 Å². The number of hydrogen-bond donors (Lipinski definition) is 2. The standard InChI is InChI=1S/C35H41N3O4S/c1-4-9-27(10-5-2)28-15-13-26(14-16-28)23-42-30-17-18-31(25(3)19-30)32-24-43-33(37-32)22-38(29-11-7-6-8-12-29)34(39)20-36-21-35(40)41/h6-8,11-19,24,27,36H,4-5,9-10,20-23H2,1-3H3,(H,40,41). The van der Waals surface area contributed by atoms with Gasteiger partial charge in [-0.3, -0.25) is 14.9 Å². The molecule has 0 radical (unpaired) electrons. The van der Waals surface area contributed by atoms with Crippen LogP contribution < -0.4 is 15.0 Å². The number of aliphatic carboxylic acids is 1. The number of nitrogens with zero attached hydrogens (tertiary/aromatic N) is 2. The van der Waals surface area contributed by atoms with E-state index in [1.807, 2.05) is 60.8 Å². The van der Waals surface area contributed by atoms with Crippen LogP contribution in [0.25, 0.3) is 11.3 Å². The van der Waals surface area contributed by atoms with E-state index in [1.165, 1.54) is 42.6 Å². The summed E-state index contributed by atoms with van der Waals surface area (Å²) in [5.74, 6) is 0.213. The van der Waals surface area contributed by atoms with Crippen LogP contribution >= 0.6 is 11.3 Å². The maximum atomic E-state index is 13.0. The van der Waals surface area contributed by atoms with Crippen LogP contribution in [0.3, 0.4) is 0 Å². The SMILES string of the molecule is CCCC(CCC)c1ccc(COc2ccc(-c3csc(CN(C(=O)CNCC(=O)O)c4ccccc4)n3)c(C)c2)cc1. The molecule has 0 unspecified atom stereocenters. The van der Waals surface area contributed by atoms with Gasteiger partial charge in [-0.05, 0) is 72.7 Å². The van der Waals surface area contributed by atoms with Gasteiger partial charge in [-0.15, -0.1) is 11.3 Å². The number of aromatic nitrogens is 1. The smallest absolute Gasteiger partial charge is 0.317 e. The van der Waals surface area contributed by atoms with Gasteiger partial charge in [0, 0.05) is 16.6 Å². The number of amides is 1. The minimum Gasteiger partial charge on any atom is -0.489 e. The fourth-order valence-corrected chi connectivity index (χ4v) is 5.97. The predicted molar refractivity (Wildman–Crippen MR) is 174 cm³/mol. The Labute approximate surface area is 258 Å². The lowest BCUT2D eigenvalue weighted by atomic mass is 9.90. The Hall–Kier alpha value is -4.01. The predicted octanol–water partition coefficient (Wildman–Crippen LogP) is 7.59. The second-order valence-electron chi connectivity index (χ2n) is 10.7. The molecule has 0 atom stereocenters. The van der Waals surface area contributed by atoms with Crippen molar-refractivity contribution in [1.29, 1.82) is 0 Å². The van der Waals surface area contributed by atoms with Crippen LogP contribution in [0.15, 0.2) is 78.2 Å². The van der Waals surface area contributed by atoms with Crippen LogP contribution in [0.4, 0.5) is 5.69 Å². The lowest BCUT2D eigenvalue weighted by molar-refractivity contribution is -0.135. The van der Waals surface area contributed by atoms with E-state index in [1.54, 1.807) is 4.90 Å². The van der Waals surface area contributed by atoms with Crippen LogP contribution in [-0.4, -0.2) is 35.1 Å². The lowest BCUT2D eigenvalue weighted by Crippen LogP contribution is -2.39. The van der Waals surface area contributed by atoms with E-state index in [-0.39, 0.29) is 19.0 Å². The van der Waals surface area contributed by atoms with Gasteiger partial charge >= 0.3 is 5.97 Å². The van der Waals surface area contributed by atoms with Crippen molar-refractivity contribution in [3.8, 4) is 17.0 Å². The highest BCUT2D eigenvalue weighted by atomic mass is 32.1. The number of carboxylic acids is 1. The molecular formula is C35H41N3O4S. The maximum absolute atomic E-state index is 13.0. The highest BCUT2D eigenvalue weighted by Gasteiger charge is 2.19. The summed E-state index contributed by atoms with van der Waals surface area (Å²) in [7, 11) is 0. The monoisotopic (exact) mass is 599 g/mol. The minimum absolute atomic E-state index is 0.0810. The molecule has 0 fully saturated rings. The molecule has 0 aliphatic rings. The number of nitrogens with one attached hydrogen (secondary N) is 1. The largest absolute Gasteiger partial charge is 0.489 e. The fraction of sp³-hybridized carbons (Fsp3) is 0.343. The van der Waals surface area contributed by atoms with Crippen molar-refractivity contribution in [2.45, 2.75) is 65.5 Å². The summed E-state index contributed by atoms with van der Waals surface area (Å²) in [5, 5.41) is 14.4. The molecule has 2 N–H and O–H groups in total. The third-order valence-corrected chi connectivity index (χ3v) is 8.20. The van der Waals surface area contributed by atoms with Crippen molar-refractivity contribution >= 4 is 28.9 Å². The van der Waals surface area contributed by atoms with E-state index >= 15 is 0 Å². The topological polar surface area (TPSA) is 91.8 Å². The van der Waals surface area contributed by atoms with Crippen LogP contribution in [0.1, 0.15) is 67.1 Å². The Morgan fingerprint density at radius 2 is 1.70 bits per heavy atom. The number of ether oxygens (including phenoxy) is 1. The van der Waals surface area contributed by atoms with Gasteiger partial charge in [0.05, 0.1) is 25.3 Å². The van der Waals surface area contributed by atoms with Gasteiger partial charge in [0.1, 0.15) is 17.4 Å². The zero-order valence-corrected chi connectivity index (χ0v) is 26.0. The molecule has 4 aromatic rings. The molecule has 4 rings (SSSR count). The summed E-state index contributed by atoms with van der Waals surface area (Å²) in [4.78, 5) is 30.3. The Balaban J connectivity index is 1.40. The summed E-state index contributed by atoms with van der Waals surface area (Å²) in [6.45, 7) is 6.99. The number of aryl methyl sites for hydroxylation is 1. The first-order valence-electron chi connectivity index (χ1n) is 14.9. The number of benzene rings is 3. The van der Waals surface area contributed by atoms with Gasteiger partial charge < -0.3 is 14.7 Å². The number of rotatable bonds is 16. The summed E-state index contributed by atoms with van der Waals surface area (Å²) < 4.78 is 6.13. The first-order chi connectivity index (χ1) is 20.9. The van der Waals surface area contributed by atoms with E-state index in [0.29, 0.717) is 19.1 Å². The van der Waals surface area contributed by atoms with Crippen LogP contribution in [0, 0.1) is 6.92 Å². The molecule has 43 heavy (non-hydrogen) atoms. The number of carbonyl (C=O) groups excluding carboxylic acids is 1. The minimum atomic E-state index is -1.01. The average Bonchev–Trinajstić information content (AvgIpc) is 3.47. The highest BCUT2D eigenvalue weighted by Crippen LogP contribution is 2.30. The van der Waals surface area contributed by atoms with E-state index < -0.39 is 5.97 Å². The molecule has 8 heteroatoms. The maximum Gasteiger partial charge on any atom is 0.317 e. The quantitative estimate of drug-likeness (QED) is 0.138. The molecule has 0 spiro atoms. The van der Waals surface area contributed by atoms with Crippen LogP contribution in [0.5, 0.6) is 5.75 Å². The van der Waals surface area contributed by atoms with Crippen LogP contribution in [0.2, 0.25) is 0 Å². The fourth-order valence-electron chi connectivity index (χ4n) is 5.19. The number of carbonyl (C=O) groups is 2. The summed E-state index contributed by atoms with van der Waals surface area (Å²) >= 11 is 1.49. The molecule has 0 saturated heterocycles. The van der Waals surface area contributed by atoms with Crippen molar-refractivity contribution in [3.63, 3.8) is 0 Å². The molecule has 1 aromatic heterocycles. The molecule has 0 bridgehead atoms. The van der Waals surface area contributed by atoms with E-state index in [9.17, 15) is 9.59 Å². The van der Waals surface area contributed by atoms with Gasteiger partial charge in [0.25, 0.3) is 0 Å². The van der Waals surface area contributed by atoms with E-state index in [0.717, 1.165) is 38.8 Å². The molecule has 1 heterocycles. The van der Waals surface area contributed by atoms with Gasteiger partial charge in [-0.25, -0.2) is 4.98 Å². The Kier molecular flexibility index (Phi) is 11.9. The van der Waals surface area contributed by atoms with Gasteiger partial charge in [0.2, 0.25) is 5.91 Å². The molecule has 0 saturated carbocycles. The zero-order chi connectivity index (χ0) is 30.6. The molecule has 7 nitrogen and oxygen atoms in total. The zero-order valence-electron chi connectivity index (χ0n) is 25.2. The Morgan fingerprint density at radius 1 is 0.977 bits per heavy atom. The molecule has 1 amide bonds. The molecule has 0 aliphatic carbocycles. The number of hydrogen-bond acceptors (Lipinski definition) is 6. The third-order valence-electron chi connectivity index (χ3n) is 7.37. The van der Waals surface area contributed by atoms with Crippen molar-refractivity contribution in [3.05, 3.63) is 99.9 Å². The highest BCUT2D eigenvalue weighted by molar-refractivity contribution is 7.10. The third kappa shape index (κ3) is 9.24. The second kappa shape index (κ2) is 16.0. The normalized spacial score (nSPS) is 11.1.